The molecule has 3 aliphatic rings. The summed E-state index contributed by atoms with van der Waals surface area (Å²) in [4.78, 5) is 24.5. The van der Waals surface area contributed by atoms with Crippen molar-refractivity contribution in [2.75, 3.05) is 12.5 Å². The monoisotopic (exact) mass is 438 g/mol. The van der Waals surface area contributed by atoms with Crippen LogP contribution in [0.15, 0.2) is 44.7 Å². The van der Waals surface area contributed by atoms with Crippen LogP contribution in [0.2, 0.25) is 0 Å². The molecule has 158 valence electrons. The van der Waals surface area contributed by atoms with Crippen LogP contribution in [0.1, 0.15) is 35.9 Å². The Hall–Kier alpha value is -3.04. The van der Waals surface area contributed by atoms with Crippen molar-refractivity contribution in [1.29, 1.82) is 0 Å². The summed E-state index contributed by atoms with van der Waals surface area (Å²) < 4.78 is 18.1. The van der Waals surface area contributed by atoms with Crippen LogP contribution in [0, 0.1) is 0 Å². The third-order valence-corrected chi connectivity index (χ3v) is 7.11. The summed E-state index contributed by atoms with van der Waals surface area (Å²) in [7, 11) is 0. The second kappa shape index (κ2) is 7.00. The molecule has 1 N–H and O–H groups in total. The van der Waals surface area contributed by atoms with Gasteiger partial charge in [-0.1, -0.05) is 17.3 Å². The van der Waals surface area contributed by atoms with Gasteiger partial charge in [-0.15, -0.1) is 11.8 Å². The summed E-state index contributed by atoms with van der Waals surface area (Å²) in [5, 5.41) is 14.5. The SMILES string of the molecule is O=C(O)C1CSc2c(C3CC3)c(-c3cc(-c4cccc5c4COCO5)no3)cc(=O)n21. The van der Waals surface area contributed by atoms with E-state index >= 15 is 0 Å². The lowest BCUT2D eigenvalue weighted by molar-refractivity contribution is -0.140. The van der Waals surface area contributed by atoms with E-state index in [0.29, 0.717) is 35.3 Å². The number of pyridine rings is 1. The highest BCUT2D eigenvalue weighted by Gasteiger charge is 2.38. The number of carboxylic acids is 1. The van der Waals surface area contributed by atoms with Crippen LogP contribution >= 0.6 is 11.8 Å². The van der Waals surface area contributed by atoms with Crippen LogP contribution in [-0.4, -0.2) is 33.3 Å². The number of thioether (sulfide) groups is 1. The summed E-state index contributed by atoms with van der Waals surface area (Å²) in [5.74, 6) is 0.941. The van der Waals surface area contributed by atoms with Crippen LogP contribution in [-0.2, 0) is 16.1 Å². The lowest BCUT2D eigenvalue weighted by Gasteiger charge is -2.19. The van der Waals surface area contributed by atoms with Crippen molar-refractivity contribution in [3.8, 4) is 28.3 Å². The van der Waals surface area contributed by atoms with Crippen molar-refractivity contribution in [2.24, 2.45) is 0 Å². The second-order valence-electron chi connectivity index (χ2n) is 7.89. The average molecular weight is 438 g/mol. The van der Waals surface area contributed by atoms with Crippen LogP contribution < -0.4 is 10.3 Å². The summed E-state index contributed by atoms with van der Waals surface area (Å²) in [6, 6.07) is 8.22. The normalized spacial score (nSPS) is 19.5. The number of ether oxygens (including phenoxy) is 2. The van der Waals surface area contributed by atoms with Gasteiger partial charge in [0.1, 0.15) is 17.5 Å². The first-order chi connectivity index (χ1) is 15.1. The first-order valence-corrected chi connectivity index (χ1v) is 11.1. The molecule has 1 unspecified atom stereocenters. The van der Waals surface area contributed by atoms with Crippen molar-refractivity contribution in [2.45, 2.75) is 36.4 Å². The first kappa shape index (κ1) is 18.7. The first-order valence-electron chi connectivity index (χ1n) is 10.1. The van der Waals surface area contributed by atoms with Gasteiger partial charge in [-0.05, 0) is 30.4 Å². The third-order valence-electron chi connectivity index (χ3n) is 5.93. The van der Waals surface area contributed by atoms with Gasteiger partial charge in [0.25, 0.3) is 5.56 Å². The van der Waals surface area contributed by atoms with Crippen molar-refractivity contribution < 1.29 is 23.9 Å². The molecule has 2 aromatic heterocycles. The minimum absolute atomic E-state index is 0.222. The zero-order chi connectivity index (χ0) is 21.1. The van der Waals surface area contributed by atoms with Crippen LogP contribution in [0.4, 0.5) is 0 Å². The third kappa shape index (κ3) is 2.99. The topological polar surface area (TPSA) is 104 Å². The molecule has 4 heterocycles. The van der Waals surface area contributed by atoms with Crippen molar-refractivity contribution in [3.05, 3.63) is 51.8 Å². The smallest absolute Gasteiger partial charge is 0.327 e. The van der Waals surface area contributed by atoms with E-state index < -0.39 is 12.0 Å². The molecule has 3 aromatic rings. The van der Waals surface area contributed by atoms with Gasteiger partial charge in [0.05, 0.1) is 11.6 Å². The van der Waals surface area contributed by atoms with Gasteiger partial charge < -0.3 is 19.1 Å². The highest BCUT2D eigenvalue weighted by Crippen LogP contribution is 2.50. The minimum atomic E-state index is -0.983. The molecule has 9 heteroatoms. The molecule has 6 rings (SSSR count). The van der Waals surface area contributed by atoms with E-state index in [2.05, 4.69) is 5.16 Å². The Morgan fingerprint density at radius 1 is 1.23 bits per heavy atom. The van der Waals surface area contributed by atoms with Gasteiger partial charge in [-0.25, -0.2) is 4.79 Å². The number of nitrogens with zero attached hydrogens (tertiary/aromatic N) is 2. The van der Waals surface area contributed by atoms with Gasteiger partial charge in [-0.2, -0.15) is 0 Å². The number of hydrogen-bond acceptors (Lipinski definition) is 7. The zero-order valence-electron chi connectivity index (χ0n) is 16.4. The summed E-state index contributed by atoms with van der Waals surface area (Å²) in [6.45, 7) is 0.647. The van der Waals surface area contributed by atoms with E-state index in [4.69, 9.17) is 14.0 Å². The number of rotatable bonds is 4. The average Bonchev–Trinajstić information content (AvgIpc) is 3.31. The molecular weight excluding hydrogens is 420 g/mol. The molecular formula is C22H18N2O6S. The standard InChI is InChI=1S/C22H18N2O6S/c25-19-6-13(20(11-4-5-11)21-24(19)16(9-31-21)22(26)27)18-7-15(23-30-18)12-2-1-3-17-14(12)8-28-10-29-17/h1-3,6-7,11,16H,4-5,8-10H2,(H,26,27). The quantitative estimate of drug-likeness (QED) is 0.658. The van der Waals surface area contributed by atoms with Gasteiger partial charge in [0.15, 0.2) is 12.6 Å². The van der Waals surface area contributed by atoms with Gasteiger partial charge >= 0.3 is 5.97 Å². The van der Waals surface area contributed by atoms with Crippen molar-refractivity contribution in [1.82, 2.24) is 9.72 Å². The Kier molecular flexibility index (Phi) is 4.22. The zero-order valence-corrected chi connectivity index (χ0v) is 17.2. The highest BCUT2D eigenvalue weighted by molar-refractivity contribution is 7.99. The minimum Gasteiger partial charge on any atom is -0.480 e. The Labute approximate surface area is 180 Å². The molecule has 2 aliphatic heterocycles. The maximum Gasteiger partial charge on any atom is 0.327 e. The largest absolute Gasteiger partial charge is 0.480 e. The predicted molar refractivity (Wildman–Crippen MR) is 111 cm³/mol. The molecule has 1 atom stereocenters. The molecule has 0 saturated heterocycles. The number of hydrogen-bond donors (Lipinski definition) is 1. The number of carbonyl (C=O) groups is 1. The number of fused-ring (bicyclic) bond motifs is 2. The summed E-state index contributed by atoms with van der Waals surface area (Å²) in [6.07, 6.45) is 2.02. The van der Waals surface area contributed by atoms with Crippen LogP contribution in [0.5, 0.6) is 5.75 Å². The highest BCUT2D eigenvalue weighted by atomic mass is 32.2. The maximum atomic E-state index is 12.9. The molecule has 0 bridgehead atoms. The lowest BCUT2D eigenvalue weighted by Crippen LogP contribution is -2.29. The molecule has 1 aliphatic carbocycles. The number of aromatic nitrogens is 2. The molecule has 0 spiro atoms. The van der Waals surface area contributed by atoms with E-state index in [9.17, 15) is 14.7 Å². The van der Waals surface area contributed by atoms with Gasteiger partial charge in [0, 0.05) is 34.6 Å². The van der Waals surface area contributed by atoms with Gasteiger partial charge in [-0.3, -0.25) is 9.36 Å². The number of benzene rings is 1. The fourth-order valence-corrected chi connectivity index (χ4v) is 5.71. The van der Waals surface area contributed by atoms with E-state index in [1.165, 1.54) is 22.4 Å². The fraction of sp³-hybridized carbons (Fsp3) is 0.318. The molecule has 1 aromatic carbocycles. The lowest BCUT2D eigenvalue weighted by atomic mass is 10.0. The van der Waals surface area contributed by atoms with E-state index in [1.54, 1.807) is 0 Å². The Balaban J connectivity index is 1.48. The number of aliphatic carboxylic acids is 1. The van der Waals surface area contributed by atoms with E-state index in [0.717, 1.165) is 40.3 Å². The Morgan fingerprint density at radius 2 is 2.10 bits per heavy atom. The Morgan fingerprint density at radius 3 is 2.90 bits per heavy atom. The fourth-order valence-electron chi connectivity index (χ4n) is 4.31. The van der Waals surface area contributed by atoms with Crippen LogP contribution in [0.25, 0.3) is 22.6 Å². The molecule has 1 saturated carbocycles. The summed E-state index contributed by atoms with van der Waals surface area (Å²) >= 11 is 1.43. The molecule has 1 fully saturated rings. The molecule has 8 nitrogen and oxygen atoms in total. The predicted octanol–water partition coefficient (Wildman–Crippen LogP) is 3.65. The summed E-state index contributed by atoms with van der Waals surface area (Å²) in [5.41, 5.74) is 3.78. The van der Waals surface area contributed by atoms with E-state index in [1.807, 2.05) is 24.3 Å². The maximum absolute atomic E-state index is 12.9. The van der Waals surface area contributed by atoms with Crippen molar-refractivity contribution in [3.63, 3.8) is 0 Å². The van der Waals surface area contributed by atoms with E-state index in [-0.39, 0.29) is 12.4 Å². The van der Waals surface area contributed by atoms with Crippen LogP contribution in [0.3, 0.4) is 0 Å². The molecule has 0 radical (unpaired) electrons. The number of carboxylic acid groups (broad SMARTS) is 1. The van der Waals surface area contributed by atoms with Gasteiger partial charge in [0.2, 0.25) is 0 Å². The molecule has 31 heavy (non-hydrogen) atoms. The van der Waals surface area contributed by atoms with Crippen molar-refractivity contribution >= 4 is 17.7 Å². The Bertz CT molecular complexity index is 1280. The second-order valence-corrected chi connectivity index (χ2v) is 8.90. The molecule has 0 amide bonds.